The molecule has 2 atom stereocenters. The number of nitrogens with two attached hydrogens (primary N) is 1. The Kier molecular flexibility index (Phi) is 4.42. The number of aromatic nitrogens is 1. The lowest BCUT2D eigenvalue weighted by Crippen LogP contribution is -2.40. The number of likely N-dealkylation sites (tertiary alicyclic amines) is 1. The molecule has 1 aliphatic rings. The molecule has 19 heavy (non-hydrogen) atoms. The highest BCUT2D eigenvalue weighted by molar-refractivity contribution is 5.15. The summed E-state index contributed by atoms with van der Waals surface area (Å²) >= 11 is 0. The Hall–Kier alpha value is -1.14. The lowest BCUT2D eigenvalue weighted by atomic mass is 10.0. The number of alkyl halides is 3. The SMILES string of the molecule is NCC(CN1CCCC1c1cccnc1)C(F)(F)F. The van der Waals surface area contributed by atoms with E-state index in [1.807, 2.05) is 17.0 Å². The van der Waals surface area contributed by atoms with Gasteiger partial charge in [0.15, 0.2) is 0 Å². The number of rotatable bonds is 4. The summed E-state index contributed by atoms with van der Waals surface area (Å²) in [6.07, 6.45) is 0.960. The van der Waals surface area contributed by atoms with Crippen molar-refractivity contribution in [3.8, 4) is 0 Å². The van der Waals surface area contributed by atoms with Gasteiger partial charge in [0.1, 0.15) is 0 Å². The highest BCUT2D eigenvalue weighted by atomic mass is 19.4. The average molecular weight is 273 g/mol. The standard InChI is InChI=1S/C13H18F3N3/c14-13(15,16)11(7-17)9-19-6-2-4-12(19)10-3-1-5-18-8-10/h1,3,5,8,11-12H,2,4,6-7,9,17H2. The first-order valence-corrected chi connectivity index (χ1v) is 6.43. The van der Waals surface area contributed by atoms with Crippen LogP contribution in [0.5, 0.6) is 0 Å². The number of hydrogen-bond acceptors (Lipinski definition) is 3. The van der Waals surface area contributed by atoms with Gasteiger partial charge in [-0.3, -0.25) is 9.88 Å². The summed E-state index contributed by atoms with van der Waals surface area (Å²) in [6, 6.07) is 3.77. The number of pyridine rings is 1. The summed E-state index contributed by atoms with van der Waals surface area (Å²) in [7, 11) is 0. The number of halogens is 3. The fraction of sp³-hybridized carbons (Fsp3) is 0.615. The maximum Gasteiger partial charge on any atom is 0.394 e. The van der Waals surface area contributed by atoms with Gasteiger partial charge in [0, 0.05) is 31.5 Å². The first-order valence-electron chi connectivity index (χ1n) is 6.43. The molecular formula is C13H18F3N3. The van der Waals surface area contributed by atoms with Gasteiger partial charge in [0.05, 0.1) is 5.92 Å². The van der Waals surface area contributed by atoms with Gasteiger partial charge in [-0.25, -0.2) is 0 Å². The van der Waals surface area contributed by atoms with Crippen molar-refractivity contribution in [3.63, 3.8) is 0 Å². The molecular weight excluding hydrogens is 255 g/mol. The summed E-state index contributed by atoms with van der Waals surface area (Å²) in [6.45, 7) is 0.297. The van der Waals surface area contributed by atoms with Gasteiger partial charge in [-0.1, -0.05) is 6.07 Å². The molecule has 0 spiro atoms. The highest BCUT2D eigenvalue weighted by Gasteiger charge is 2.41. The van der Waals surface area contributed by atoms with Gasteiger partial charge in [-0.15, -0.1) is 0 Å². The third kappa shape index (κ3) is 3.45. The molecule has 0 amide bonds. The molecule has 106 valence electrons. The second-order valence-electron chi connectivity index (χ2n) is 4.91. The molecule has 0 aliphatic carbocycles. The highest BCUT2D eigenvalue weighted by Crippen LogP contribution is 2.34. The van der Waals surface area contributed by atoms with Crippen molar-refractivity contribution < 1.29 is 13.2 Å². The van der Waals surface area contributed by atoms with Crippen molar-refractivity contribution in [2.45, 2.75) is 25.1 Å². The first kappa shape index (κ1) is 14.3. The van der Waals surface area contributed by atoms with Gasteiger partial charge in [0.2, 0.25) is 0 Å². The zero-order chi connectivity index (χ0) is 13.9. The molecule has 1 aromatic heterocycles. The summed E-state index contributed by atoms with van der Waals surface area (Å²) in [5, 5.41) is 0. The summed E-state index contributed by atoms with van der Waals surface area (Å²) in [5.74, 6) is -1.45. The van der Waals surface area contributed by atoms with Gasteiger partial charge in [-0.2, -0.15) is 13.2 Å². The maximum absolute atomic E-state index is 12.8. The maximum atomic E-state index is 12.8. The lowest BCUT2D eigenvalue weighted by molar-refractivity contribution is -0.176. The lowest BCUT2D eigenvalue weighted by Gasteiger charge is -2.29. The van der Waals surface area contributed by atoms with Gasteiger partial charge >= 0.3 is 6.18 Å². The van der Waals surface area contributed by atoms with E-state index in [2.05, 4.69) is 4.98 Å². The van der Waals surface area contributed by atoms with E-state index >= 15 is 0 Å². The van der Waals surface area contributed by atoms with E-state index in [1.165, 1.54) is 0 Å². The molecule has 2 heterocycles. The summed E-state index contributed by atoms with van der Waals surface area (Å²) in [4.78, 5) is 5.92. The minimum atomic E-state index is -4.23. The van der Waals surface area contributed by atoms with Gasteiger partial charge in [-0.05, 0) is 31.0 Å². The van der Waals surface area contributed by atoms with E-state index < -0.39 is 12.1 Å². The summed E-state index contributed by atoms with van der Waals surface area (Å²) < 4.78 is 38.4. The van der Waals surface area contributed by atoms with E-state index in [9.17, 15) is 13.2 Å². The van der Waals surface area contributed by atoms with Crippen molar-refractivity contribution in [1.29, 1.82) is 0 Å². The minimum absolute atomic E-state index is 0.0282. The Morgan fingerprint density at radius 2 is 2.26 bits per heavy atom. The quantitative estimate of drug-likeness (QED) is 0.915. The molecule has 2 N–H and O–H groups in total. The number of nitrogens with zero attached hydrogens (tertiary/aromatic N) is 2. The van der Waals surface area contributed by atoms with E-state index in [1.54, 1.807) is 12.4 Å². The fourth-order valence-electron chi connectivity index (χ4n) is 2.59. The molecule has 0 bridgehead atoms. The van der Waals surface area contributed by atoms with Crippen molar-refractivity contribution in [1.82, 2.24) is 9.88 Å². The van der Waals surface area contributed by atoms with Crippen molar-refractivity contribution >= 4 is 0 Å². The van der Waals surface area contributed by atoms with Gasteiger partial charge in [0.25, 0.3) is 0 Å². The molecule has 3 nitrogen and oxygen atoms in total. The Morgan fingerprint density at radius 1 is 1.47 bits per heavy atom. The normalized spacial score (nSPS) is 22.6. The van der Waals surface area contributed by atoms with Crippen molar-refractivity contribution in [2.75, 3.05) is 19.6 Å². The van der Waals surface area contributed by atoms with Crippen LogP contribution >= 0.6 is 0 Å². The molecule has 6 heteroatoms. The van der Waals surface area contributed by atoms with Crippen LogP contribution in [-0.2, 0) is 0 Å². The minimum Gasteiger partial charge on any atom is -0.330 e. The van der Waals surface area contributed by atoms with Crippen LogP contribution < -0.4 is 5.73 Å². The van der Waals surface area contributed by atoms with Crippen LogP contribution in [0, 0.1) is 5.92 Å². The zero-order valence-corrected chi connectivity index (χ0v) is 10.6. The van der Waals surface area contributed by atoms with Crippen LogP contribution in [-0.4, -0.2) is 35.7 Å². The molecule has 1 aliphatic heterocycles. The Bertz CT molecular complexity index is 394. The average Bonchev–Trinajstić information content (AvgIpc) is 2.83. The zero-order valence-electron chi connectivity index (χ0n) is 10.6. The molecule has 0 radical (unpaired) electrons. The molecule has 1 saturated heterocycles. The molecule has 1 fully saturated rings. The summed E-state index contributed by atoms with van der Waals surface area (Å²) in [5.41, 5.74) is 6.25. The molecule has 0 saturated carbocycles. The largest absolute Gasteiger partial charge is 0.394 e. The second-order valence-corrected chi connectivity index (χ2v) is 4.91. The van der Waals surface area contributed by atoms with Gasteiger partial charge < -0.3 is 5.73 Å². The van der Waals surface area contributed by atoms with Crippen LogP contribution in [0.3, 0.4) is 0 Å². The molecule has 2 rings (SSSR count). The third-order valence-corrected chi connectivity index (χ3v) is 3.64. The van der Waals surface area contributed by atoms with E-state index in [4.69, 9.17) is 5.73 Å². The van der Waals surface area contributed by atoms with E-state index in [0.717, 1.165) is 18.4 Å². The Balaban J connectivity index is 2.07. The predicted molar refractivity (Wildman–Crippen MR) is 66.4 cm³/mol. The fourth-order valence-corrected chi connectivity index (χ4v) is 2.59. The monoisotopic (exact) mass is 273 g/mol. The predicted octanol–water partition coefficient (Wildman–Crippen LogP) is 2.36. The second kappa shape index (κ2) is 5.88. The van der Waals surface area contributed by atoms with Crippen molar-refractivity contribution in [3.05, 3.63) is 30.1 Å². The van der Waals surface area contributed by atoms with E-state index in [0.29, 0.717) is 6.54 Å². The van der Waals surface area contributed by atoms with Crippen molar-refractivity contribution in [2.24, 2.45) is 11.7 Å². The van der Waals surface area contributed by atoms with E-state index in [-0.39, 0.29) is 19.1 Å². The molecule has 1 aromatic rings. The van der Waals surface area contributed by atoms with Crippen LogP contribution in [0.25, 0.3) is 0 Å². The Morgan fingerprint density at radius 3 is 2.84 bits per heavy atom. The molecule has 0 aromatic carbocycles. The number of hydrogen-bond donors (Lipinski definition) is 1. The Labute approximate surface area is 110 Å². The van der Waals surface area contributed by atoms with Crippen LogP contribution in [0.4, 0.5) is 13.2 Å². The topological polar surface area (TPSA) is 42.1 Å². The van der Waals surface area contributed by atoms with Crippen LogP contribution in [0.15, 0.2) is 24.5 Å². The van der Waals surface area contributed by atoms with Crippen LogP contribution in [0.1, 0.15) is 24.4 Å². The third-order valence-electron chi connectivity index (χ3n) is 3.64. The first-order chi connectivity index (χ1) is 9.02. The smallest absolute Gasteiger partial charge is 0.330 e. The van der Waals surface area contributed by atoms with Crippen LogP contribution in [0.2, 0.25) is 0 Å². The molecule has 2 unspecified atom stereocenters.